The normalized spacial score (nSPS) is 16.1. The lowest BCUT2D eigenvalue weighted by Gasteiger charge is -2.19. The Labute approximate surface area is 105 Å². The third-order valence-corrected chi connectivity index (χ3v) is 4.84. The third kappa shape index (κ3) is 1.75. The van der Waals surface area contributed by atoms with Crippen LogP contribution in [0.2, 0.25) is 0 Å². The molecule has 1 aliphatic heterocycles. The van der Waals surface area contributed by atoms with Gasteiger partial charge in [-0.2, -0.15) is 12.7 Å². The molecule has 0 unspecified atom stereocenters. The van der Waals surface area contributed by atoms with Crippen LogP contribution in [0.1, 0.15) is 5.89 Å². The zero-order chi connectivity index (χ0) is 12.9. The molecule has 0 amide bonds. The molecule has 1 aliphatic rings. The third-order valence-electron chi connectivity index (χ3n) is 2.92. The molecule has 0 N–H and O–H groups in total. The molecule has 7 heteroatoms. The summed E-state index contributed by atoms with van der Waals surface area (Å²) in [6, 6.07) is 5.17. The molecule has 0 radical (unpaired) electrons. The number of nitrogens with zero attached hydrogens (tertiary/aromatic N) is 3. The van der Waals surface area contributed by atoms with Crippen molar-refractivity contribution in [2.24, 2.45) is 0 Å². The van der Waals surface area contributed by atoms with Gasteiger partial charge in [-0.15, -0.1) is 0 Å². The molecule has 0 atom stereocenters. The van der Waals surface area contributed by atoms with Gasteiger partial charge in [-0.05, 0) is 18.2 Å². The maximum absolute atomic E-state index is 12.0. The molecule has 0 bridgehead atoms. The SMILES string of the molecule is Cc1nc2cc(N(C)S(=O)(=O)N3CC3)ccc2o1. The van der Waals surface area contributed by atoms with Gasteiger partial charge in [-0.1, -0.05) is 0 Å². The van der Waals surface area contributed by atoms with E-state index in [1.165, 1.54) is 8.61 Å². The molecule has 18 heavy (non-hydrogen) atoms. The number of aryl methyl sites for hydroxylation is 1. The summed E-state index contributed by atoms with van der Waals surface area (Å²) in [6.07, 6.45) is 0. The first-order chi connectivity index (χ1) is 8.48. The smallest absolute Gasteiger partial charge is 0.303 e. The van der Waals surface area contributed by atoms with Crippen molar-refractivity contribution in [1.82, 2.24) is 9.29 Å². The zero-order valence-corrected chi connectivity index (χ0v) is 10.9. The van der Waals surface area contributed by atoms with Crippen molar-refractivity contribution >= 4 is 27.0 Å². The Hall–Kier alpha value is -1.60. The Morgan fingerprint density at radius 2 is 2.11 bits per heavy atom. The molecule has 2 heterocycles. The number of aromatic nitrogens is 1. The quantitative estimate of drug-likeness (QED) is 0.782. The number of benzene rings is 1. The van der Waals surface area contributed by atoms with Gasteiger partial charge in [0.2, 0.25) is 0 Å². The predicted octanol–water partition coefficient (Wildman–Crippen LogP) is 1.13. The van der Waals surface area contributed by atoms with Crippen LogP contribution in [0, 0.1) is 6.92 Å². The van der Waals surface area contributed by atoms with E-state index in [2.05, 4.69) is 4.98 Å². The van der Waals surface area contributed by atoms with Crippen molar-refractivity contribution in [2.45, 2.75) is 6.92 Å². The van der Waals surface area contributed by atoms with Gasteiger partial charge in [0, 0.05) is 27.1 Å². The van der Waals surface area contributed by atoms with Gasteiger partial charge in [-0.3, -0.25) is 4.31 Å². The number of hydrogen-bond donors (Lipinski definition) is 0. The van der Waals surface area contributed by atoms with Gasteiger partial charge in [-0.25, -0.2) is 4.98 Å². The fraction of sp³-hybridized carbons (Fsp3) is 0.364. The molecule has 3 rings (SSSR count). The van der Waals surface area contributed by atoms with E-state index in [-0.39, 0.29) is 0 Å². The van der Waals surface area contributed by atoms with Crippen molar-refractivity contribution in [3.8, 4) is 0 Å². The first-order valence-electron chi connectivity index (χ1n) is 5.60. The standard InChI is InChI=1S/C11H13N3O3S/c1-8-12-10-7-9(3-4-11(10)17-8)13(2)18(15,16)14-5-6-14/h3-4,7H,5-6H2,1-2H3. The Balaban J connectivity index is 2.03. The highest BCUT2D eigenvalue weighted by molar-refractivity contribution is 7.90. The predicted molar refractivity (Wildman–Crippen MR) is 67.6 cm³/mol. The molecule has 0 aliphatic carbocycles. The first kappa shape index (κ1) is 11.5. The highest BCUT2D eigenvalue weighted by Crippen LogP contribution is 2.26. The first-order valence-corrected chi connectivity index (χ1v) is 6.99. The second-order valence-electron chi connectivity index (χ2n) is 4.26. The summed E-state index contributed by atoms with van der Waals surface area (Å²) in [7, 11) is -1.83. The minimum Gasteiger partial charge on any atom is -0.441 e. The van der Waals surface area contributed by atoms with Gasteiger partial charge in [0.05, 0.1) is 5.69 Å². The number of hydrogen-bond acceptors (Lipinski definition) is 4. The van der Waals surface area contributed by atoms with E-state index in [0.717, 1.165) is 0 Å². The van der Waals surface area contributed by atoms with Crippen LogP contribution in [0.3, 0.4) is 0 Å². The molecular weight excluding hydrogens is 254 g/mol. The number of anilines is 1. The van der Waals surface area contributed by atoms with E-state index in [1.54, 1.807) is 32.2 Å². The lowest BCUT2D eigenvalue weighted by Crippen LogP contribution is -2.32. The molecule has 1 fully saturated rings. The molecule has 1 saturated heterocycles. The van der Waals surface area contributed by atoms with Crippen molar-refractivity contribution in [2.75, 3.05) is 24.4 Å². The Bertz CT molecular complexity index is 703. The largest absolute Gasteiger partial charge is 0.441 e. The Morgan fingerprint density at radius 1 is 1.39 bits per heavy atom. The summed E-state index contributed by atoms with van der Waals surface area (Å²) in [5.74, 6) is 0.568. The number of fused-ring (bicyclic) bond motifs is 1. The van der Waals surface area contributed by atoms with Crippen molar-refractivity contribution in [3.05, 3.63) is 24.1 Å². The lowest BCUT2D eigenvalue weighted by molar-refractivity contribution is 0.559. The average molecular weight is 267 g/mol. The van der Waals surface area contributed by atoms with Gasteiger partial charge in [0.25, 0.3) is 0 Å². The van der Waals surface area contributed by atoms with Gasteiger partial charge in [0.15, 0.2) is 11.5 Å². The van der Waals surface area contributed by atoms with Crippen molar-refractivity contribution < 1.29 is 12.8 Å². The molecule has 1 aromatic carbocycles. The summed E-state index contributed by atoms with van der Waals surface area (Å²) < 4.78 is 32.1. The van der Waals surface area contributed by atoms with Crippen LogP contribution in [0.5, 0.6) is 0 Å². The Morgan fingerprint density at radius 3 is 2.78 bits per heavy atom. The molecule has 96 valence electrons. The van der Waals surface area contributed by atoms with Gasteiger partial charge >= 0.3 is 10.2 Å². The summed E-state index contributed by atoms with van der Waals surface area (Å²) in [6.45, 7) is 2.95. The summed E-state index contributed by atoms with van der Waals surface area (Å²) in [5.41, 5.74) is 1.91. The number of oxazole rings is 1. The molecular formula is C11H13N3O3S. The van der Waals surface area contributed by atoms with E-state index in [4.69, 9.17) is 4.42 Å². The van der Waals surface area contributed by atoms with Crippen LogP contribution in [-0.4, -0.2) is 37.8 Å². The Kier molecular flexibility index (Phi) is 2.36. The summed E-state index contributed by atoms with van der Waals surface area (Å²) >= 11 is 0. The van der Waals surface area contributed by atoms with Crippen LogP contribution in [0.25, 0.3) is 11.1 Å². The highest BCUT2D eigenvalue weighted by Gasteiger charge is 2.35. The minimum atomic E-state index is -3.37. The van der Waals surface area contributed by atoms with E-state index >= 15 is 0 Å². The maximum atomic E-state index is 12.0. The van der Waals surface area contributed by atoms with E-state index in [1.807, 2.05) is 0 Å². The average Bonchev–Trinajstić information content (AvgIpc) is 3.10. The summed E-state index contributed by atoms with van der Waals surface area (Å²) in [4.78, 5) is 4.20. The van der Waals surface area contributed by atoms with Crippen LogP contribution in [-0.2, 0) is 10.2 Å². The summed E-state index contributed by atoms with van der Waals surface area (Å²) in [5, 5.41) is 0. The van der Waals surface area contributed by atoms with E-state index in [9.17, 15) is 8.42 Å². The van der Waals surface area contributed by atoms with Gasteiger partial charge in [0.1, 0.15) is 5.52 Å². The van der Waals surface area contributed by atoms with E-state index in [0.29, 0.717) is 35.8 Å². The van der Waals surface area contributed by atoms with Crippen LogP contribution in [0.4, 0.5) is 5.69 Å². The van der Waals surface area contributed by atoms with E-state index < -0.39 is 10.2 Å². The molecule has 6 nitrogen and oxygen atoms in total. The van der Waals surface area contributed by atoms with Crippen molar-refractivity contribution in [1.29, 1.82) is 0 Å². The van der Waals surface area contributed by atoms with Crippen molar-refractivity contribution in [3.63, 3.8) is 0 Å². The monoisotopic (exact) mass is 267 g/mol. The maximum Gasteiger partial charge on any atom is 0.303 e. The molecule has 0 spiro atoms. The van der Waals surface area contributed by atoms with Gasteiger partial charge < -0.3 is 4.42 Å². The second kappa shape index (κ2) is 3.69. The fourth-order valence-electron chi connectivity index (χ4n) is 1.80. The molecule has 0 saturated carbocycles. The molecule has 1 aromatic heterocycles. The van der Waals surface area contributed by atoms with Crippen LogP contribution in [0.15, 0.2) is 22.6 Å². The second-order valence-corrected chi connectivity index (χ2v) is 6.22. The van der Waals surface area contributed by atoms with Crippen LogP contribution < -0.4 is 4.31 Å². The minimum absolute atomic E-state index is 0.568. The highest BCUT2D eigenvalue weighted by atomic mass is 32.2. The number of rotatable bonds is 3. The lowest BCUT2D eigenvalue weighted by atomic mass is 10.3. The molecule has 2 aromatic rings. The van der Waals surface area contributed by atoms with Crippen LogP contribution >= 0.6 is 0 Å². The fourth-order valence-corrected chi connectivity index (χ4v) is 3.07. The topological polar surface area (TPSA) is 66.4 Å². The zero-order valence-electron chi connectivity index (χ0n) is 10.1.